The zero-order valence-electron chi connectivity index (χ0n) is 14.7. The van der Waals surface area contributed by atoms with Crippen LogP contribution in [-0.4, -0.2) is 49.0 Å². The fourth-order valence-electron chi connectivity index (χ4n) is 3.19. The maximum atomic E-state index is 13.0. The van der Waals surface area contributed by atoms with E-state index in [-0.39, 0.29) is 11.7 Å². The summed E-state index contributed by atoms with van der Waals surface area (Å²) >= 11 is 0. The van der Waals surface area contributed by atoms with Crippen molar-refractivity contribution in [3.8, 4) is 5.75 Å². The Hall–Kier alpha value is -2.40. The summed E-state index contributed by atoms with van der Waals surface area (Å²) in [5.41, 5.74) is 2.67. The molecule has 1 saturated heterocycles. The lowest BCUT2D eigenvalue weighted by Crippen LogP contribution is -2.48. The van der Waals surface area contributed by atoms with Crippen LogP contribution in [0.4, 0.5) is 4.39 Å². The van der Waals surface area contributed by atoms with E-state index in [1.54, 1.807) is 7.11 Å². The monoisotopic (exact) mass is 342 g/mol. The smallest absolute Gasteiger partial charge is 0.254 e. The minimum absolute atomic E-state index is 0.0535. The predicted octanol–water partition coefficient (Wildman–Crippen LogP) is 3.10. The number of amides is 1. The van der Waals surface area contributed by atoms with Gasteiger partial charge in [0.1, 0.15) is 11.6 Å². The minimum Gasteiger partial charge on any atom is -0.496 e. The lowest BCUT2D eigenvalue weighted by Gasteiger charge is -2.35. The van der Waals surface area contributed by atoms with E-state index in [1.165, 1.54) is 12.1 Å². The zero-order valence-corrected chi connectivity index (χ0v) is 14.7. The fourth-order valence-corrected chi connectivity index (χ4v) is 3.19. The van der Waals surface area contributed by atoms with E-state index >= 15 is 0 Å². The molecule has 1 heterocycles. The van der Waals surface area contributed by atoms with Gasteiger partial charge < -0.3 is 9.64 Å². The highest BCUT2D eigenvalue weighted by molar-refractivity contribution is 5.96. The number of nitrogens with zero attached hydrogens (tertiary/aromatic N) is 2. The van der Waals surface area contributed by atoms with Crippen LogP contribution in [0.2, 0.25) is 0 Å². The topological polar surface area (TPSA) is 32.8 Å². The van der Waals surface area contributed by atoms with Gasteiger partial charge in [-0.15, -0.1) is 0 Å². The molecule has 2 aromatic rings. The number of carbonyl (C=O) groups is 1. The molecule has 0 unspecified atom stereocenters. The van der Waals surface area contributed by atoms with Gasteiger partial charge in [0.05, 0.1) is 7.11 Å². The lowest BCUT2D eigenvalue weighted by molar-refractivity contribution is 0.0627. The van der Waals surface area contributed by atoms with Crippen molar-refractivity contribution in [3.63, 3.8) is 0 Å². The van der Waals surface area contributed by atoms with Gasteiger partial charge in [0, 0.05) is 43.9 Å². The number of piperazine rings is 1. The molecule has 0 spiro atoms. The van der Waals surface area contributed by atoms with Gasteiger partial charge in [0.25, 0.3) is 5.91 Å². The Morgan fingerprint density at radius 2 is 1.76 bits per heavy atom. The Morgan fingerprint density at radius 3 is 2.40 bits per heavy atom. The SMILES string of the molecule is COc1cccc(C(=O)N2CCN(Cc3ccc(F)cc3)CC2)c1C. The van der Waals surface area contributed by atoms with Crippen LogP contribution >= 0.6 is 0 Å². The van der Waals surface area contributed by atoms with Crippen molar-refractivity contribution in [2.75, 3.05) is 33.3 Å². The Bertz CT molecular complexity index is 738. The molecular formula is C20H23FN2O2. The number of benzene rings is 2. The number of rotatable bonds is 4. The molecule has 2 aromatic carbocycles. The molecule has 0 atom stereocenters. The molecule has 0 saturated carbocycles. The van der Waals surface area contributed by atoms with E-state index in [1.807, 2.05) is 42.2 Å². The molecule has 5 heteroatoms. The maximum Gasteiger partial charge on any atom is 0.254 e. The first-order valence-corrected chi connectivity index (χ1v) is 8.48. The van der Waals surface area contributed by atoms with Crippen LogP contribution in [0.1, 0.15) is 21.5 Å². The number of hydrogen-bond donors (Lipinski definition) is 0. The Morgan fingerprint density at radius 1 is 1.08 bits per heavy atom. The van der Waals surface area contributed by atoms with Gasteiger partial charge in [-0.05, 0) is 36.8 Å². The first-order chi connectivity index (χ1) is 12.1. The quantitative estimate of drug-likeness (QED) is 0.856. The fraction of sp³-hybridized carbons (Fsp3) is 0.350. The normalized spacial score (nSPS) is 15.2. The van der Waals surface area contributed by atoms with E-state index in [2.05, 4.69) is 4.90 Å². The Balaban J connectivity index is 1.60. The molecule has 1 amide bonds. The van der Waals surface area contributed by atoms with Crippen molar-refractivity contribution in [2.45, 2.75) is 13.5 Å². The van der Waals surface area contributed by atoms with Crippen molar-refractivity contribution in [2.24, 2.45) is 0 Å². The highest BCUT2D eigenvalue weighted by Crippen LogP contribution is 2.22. The summed E-state index contributed by atoms with van der Waals surface area (Å²) in [5, 5.41) is 0. The van der Waals surface area contributed by atoms with Crippen LogP contribution in [0, 0.1) is 12.7 Å². The standard InChI is InChI=1S/C20H23FN2O2/c1-15-18(4-3-5-19(15)25-2)20(24)23-12-10-22(11-13-23)14-16-6-8-17(21)9-7-16/h3-9H,10-14H2,1-2H3. The van der Waals surface area contributed by atoms with Crippen molar-refractivity contribution >= 4 is 5.91 Å². The third kappa shape index (κ3) is 3.99. The summed E-state index contributed by atoms with van der Waals surface area (Å²) in [6, 6.07) is 12.2. The van der Waals surface area contributed by atoms with Gasteiger partial charge in [-0.2, -0.15) is 0 Å². The molecule has 132 valence electrons. The Kier molecular flexibility index (Phi) is 5.34. The summed E-state index contributed by atoms with van der Waals surface area (Å²) in [6.07, 6.45) is 0. The zero-order chi connectivity index (χ0) is 17.8. The van der Waals surface area contributed by atoms with Gasteiger partial charge in [0.2, 0.25) is 0 Å². The molecule has 0 radical (unpaired) electrons. The van der Waals surface area contributed by atoms with E-state index in [0.717, 1.165) is 36.5 Å². The second kappa shape index (κ2) is 7.66. The second-order valence-electron chi connectivity index (χ2n) is 6.33. The average molecular weight is 342 g/mol. The van der Waals surface area contributed by atoms with Crippen LogP contribution in [0.15, 0.2) is 42.5 Å². The van der Waals surface area contributed by atoms with Crippen LogP contribution in [0.25, 0.3) is 0 Å². The molecule has 0 aromatic heterocycles. The summed E-state index contributed by atoms with van der Waals surface area (Å²) in [6.45, 7) is 5.70. The molecule has 25 heavy (non-hydrogen) atoms. The second-order valence-corrected chi connectivity index (χ2v) is 6.33. The van der Waals surface area contributed by atoms with Crippen molar-refractivity contribution in [1.29, 1.82) is 0 Å². The van der Waals surface area contributed by atoms with E-state index in [9.17, 15) is 9.18 Å². The molecule has 3 rings (SSSR count). The van der Waals surface area contributed by atoms with Crippen LogP contribution < -0.4 is 4.74 Å². The van der Waals surface area contributed by atoms with Gasteiger partial charge >= 0.3 is 0 Å². The number of halogens is 1. The van der Waals surface area contributed by atoms with Gasteiger partial charge in [-0.25, -0.2) is 4.39 Å². The highest BCUT2D eigenvalue weighted by atomic mass is 19.1. The third-order valence-electron chi connectivity index (χ3n) is 4.71. The summed E-state index contributed by atoms with van der Waals surface area (Å²) in [5.74, 6) is 0.575. The number of ether oxygens (including phenoxy) is 1. The average Bonchev–Trinajstić information content (AvgIpc) is 2.64. The molecule has 1 aliphatic heterocycles. The largest absolute Gasteiger partial charge is 0.496 e. The van der Waals surface area contributed by atoms with Crippen LogP contribution in [0.5, 0.6) is 5.75 Å². The van der Waals surface area contributed by atoms with Crippen molar-refractivity contribution in [3.05, 3.63) is 65.0 Å². The van der Waals surface area contributed by atoms with E-state index in [4.69, 9.17) is 4.74 Å². The highest BCUT2D eigenvalue weighted by Gasteiger charge is 2.23. The first kappa shape index (κ1) is 17.4. The molecule has 0 aliphatic carbocycles. The first-order valence-electron chi connectivity index (χ1n) is 8.48. The van der Waals surface area contributed by atoms with E-state index in [0.29, 0.717) is 18.7 Å². The van der Waals surface area contributed by atoms with Crippen LogP contribution in [0.3, 0.4) is 0 Å². The molecule has 1 aliphatic rings. The van der Waals surface area contributed by atoms with Crippen molar-refractivity contribution in [1.82, 2.24) is 9.80 Å². The minimum atomic E-state index is -0.215. The van der Waals surface area contributed by atoms with E-state index < -0.39 is 0 Å². The maximum absolute atomic E-state index is 13.0. The molecule has 0 bridgehead atoms. The lowest BCUT2D eigenvalue weighted by atomic mass is 10.1. The summed E-state index contributed by atoms with van der Waals surface area (Å²) < 4.78 is 18.3. The third-order valence-corrected chi connectivity index (χ3v) is 4.71. The number of methoxy groups -OCH3 is 1. The Labute approximate surface area is 147 Å². The summed E-state index contributed by atoms with van der Waals surface area (Å²) in [7, 11) is 1.62. The van der Waals surface area contributed by atoms with Crippen LogP contribution in [-0.2, 0) is 6.54 Å². The number of hydrogen-bond acceptors (Lipinski definition) is 3. The molecule has 4 nitrogen and oxygen atoms in total. The van der Waals surface area contributed by atoms with Gasteiger partial charge in [-0.1, -0.05) is 18.2 Å². The molecule has 1 fully saturated rings. The number of carbonyl (C=O) groups excluding carboxylic acids is 1. The predicted molar refractivity (Wildman–Crippen MR) is 95.3 cm³/mol. The molecular weight excluding hydrogens is 319 g/mol. The van der Waals surface area contributed by atoms with Gasteiger partial charge in [-0.3, -0.25) is 9.69 Å². The summed E-state index contributed by atoms with van der Waals surface area (Å²) in [4.78, 5) is 17.0. The van der Waals surface area contributed by atoms with Crippen molar-refractivity contribution < 1.29 is 13.9 Å². The molecule has 0 N–H and O–H groups in total. The van der Waals surface area contributed by atoms with Gasteiger partial charge in [0.15, 0.2) is 0 Å².